The highest BCUT2D eigenvalue weighted by atomic mass is 19.1. The summed E-state index contributed by atoms with van der Waals surface area (Å²) in [6.45, 7) is 48.3. The summed E-state index contributed by atoms with van der Waals surface area (Å²) in [6, 6.07) is 27.3. The lowest BCUT2D eigenvalue weighted by Crippen LogP contribution is -2.46. The Morgan fingerprint density at radius 2 is 0.773 bits per heavy atom. The van der Waals surface area contributed by atoms with Gasteiger partial charge in [0, 0.05) is 130 Å². The smallest absolute Gasteiger partial charge is 0.288 e. The van der Waals surface area contributed by atoms with Crippen molar-refractivity contribution in [3.8, 4) is 34.9 Å². The molecule has 0 spiro atoms. The molecule has 0 atom stereocenters. The molecule has 4 N–H and O–H groups in total. The third-order valence-electron chi connectivity index (χ3n) is 19.6. The Hall–Kier alpha value is -12.3. The molecule has 0 amide bonds. The summed E-state index contributed by atoms with van der Waals surface area (Å²) in [5, 5.41) is 13.7. The predicted octanol–water partition coefficient (Wildman–Crippen LogP) is 16.7. The number of likely N-dealkylation sites (N-methyl/N-ethyl adjacent to an activating group) is 2. The van der Waals surface area contributed by atoms with Crippen LogP contribution in [-0.2, 0) is 0 Å². The Morgan fingerprint density at radius 3 is 1.13 bits per heavy atom. The van der Waals surface area contributed by atoms with Crippen molar-refractivity contribution in [2.45, 2.75) is 87.4 Å². The molecule has 3 saturated heterocycles. The van der Waals surface area contributed by atoms with E-state index in [1.807, 2.05) is 87.8 Å². The summed E-state index contributed by atoms with van der Waals surface area (Å²) in [7, 11) is 2.10. The Morgan fingerprint density at radius 1 is 0.427 bits per heavy atom. The van der Waals surface area contributed by atoms with E-state index >= 15 is 17.6 Å². The summed E-state index contributed by atoms with van der Waals surface area (Å²) >= 11 is 0. The van der Waals surface area contributed by atoms with Crippen molar-refractivity contribution in [2.75, 3.05) is 123 Å². The van der Waals surface area contributed by atoms with Gasteiger partial charge in [0.2, 0.25) is 17.6 Å². The van der Waals surface area contributed by atoms with Crippen LogP contribution in [0.15, 0.2) is 129 Å². The number of fused-ring (bicyclic) bond motifs is 3. The number of pyridine rings is 3. The van der Waals surface area contributed by atoms with Crippen LogP contribution in [-0.4, -0.2) is 160 Å². The van der Waals surface area contributed by atoms with E-state index < -0.39 is 23.3 Å². The van der Waals surface area contributed by atoms with E-state index in [9.17, 15) is 0 Å². The van der Waals surface area contributed by atoms with Crippen molar-refractivity contribution >= 4 is 96.1 Å². The Balaban J connectivity index is 0.000000145. The molecule has 12 heterocycles. The lowest BCUT2D eigenvalue weighted by Gasteiger charge is -2.35. The SMILES string of the molecule is Cc1cc2c(F)c(Oc3ncnc(Nc4ccc(N5CCN(C)CC5)cn4)c3F)ccc2n1C(C)C.[C-]#[N+]c1c(Nc2ccc(N3CCN(CC)CC3)cn2)ncnc1Oc1ccc2c(cc(C)n2C(C)C)c1F.[C-]#[N+]c1c(Nc2ccc(N3CCNCC3)cn2)ncnc1Oc1ccc2c(cc(C)n2C(C)C)c1F. The molecule has 9 aromatic heterocycles. The molecule has 3 aromatic carbocycles. The first-order valence-corrected chi connectivity index (χ1v) is 36.6. The number of halogens is 4. The van der Waals surface area contributed by atoms with Crippen LogP contribution in [0.1, 0.15) is 83.7 Å². The van der Waals surface area contributed by atoms with Crippen molar-refractivity contribution in [1.29, 1.82) is 0 Å². The van der Waals surface area contributed by atoms with Crippen molar-refractivity contribution in [2.24, 2.45) is 0 Å². The molecule has 568 valence electrons. The summed E-state index contributed by atoms with van der Waals surface area (Å²) in [4.78, 5) is 56.5. The highest BCUT2D eigenvalue weighted by Crippen LogP contribution is 2.42. The molecular formula is C80H87F4N23O3. The van der Waals surface area contributed by atoms with Gasteiger partial charge >= 0.3 is 0 Å². The second-order valence-corrected chi connectivity index (χ2v) is 27.8. The van der Waals surface area contributed by atoms with Gasteiger partial charge in [0.05, 0.1) is 65.3 Å². The number of nitrogens with one attached hydrogen (secondary N) is 4. The van der Waals surface area contributed by atoms with Crippen LogP contribution in [0.3, 0.4) is 0 Å². The molecule has 0 radical (unpaired) electrons. The lowest BCUT2D eigenvalue weighted by molar-refractivity contribution is 0.271. The first-order chi connectivity index (χ1) is 53.2. The standard InChI is InChI=1S/C28H31FN8O.C26H29F2N7O.C26H27FN8O/c1-6-35-11-13-36(14-12-35)20-7-10-24(31-16-20)34-27-26(30-5)28(33-17-32-27)38-23-9-8-22-21(25(23)29)15-19(4)37(22)18(2)3;1-16(2)35-17(3)13-19-20(35)6-7-21(23(19)27)36-26-24(28)25(30-15-31-26)32-22-8-5-18(14-29-22)34-11-9-33(4)10-12-34;1-16(2)35-17(3)13-19-20(35)6-7-21(23(19)27)36-26-24(28-4)25(31-15-32-26)33-22-8-5-18(14-30-22)34-11-9-29-10-12-34/h7-10,15-18H,6,11-14H2,1-4H3,(H,31,32,33,34);5-8,13-16H,9-12H2,1-4H3,(H,29,30,31,32);5-8,13-16,29H,9-12H2,1-3H3,(H,30,31,32,33). The first-order valence-electron chi connectivity index (χ1n) is 36.6. The Bertz CT molecular complexity index is 5350. The maximum absolute atomic E-state index is 15.4. The molecule has 110 heavy (non-hydrogen) atoms. The zero-order valence-corrected chi connectivity index (χ0v) is 63.3. The second-order valence-electron chi connectivity index (χ2n) is 27.8. The number of hydrogen-bond acceptors (Lipinski definition) is 21. The fourth-order valence-corrected chi connectivity index (χ4v) is 14.1. The Labute approximate surface area is 635 Å². The number of piperazine rings is 3. The van der Waals surface area contributed by atoms with Gasteiger partial charge in [-0.25, -0.2) is 62.7 Å². The summed E-state index contributed by atoms with van der Waals surface area (Å²) in [5.74, 6) is -1.08. The molecule has 0 bridgehead atoms. The van der Waals surface area contributed by atoms with E-state index in [1.165, 1.54) is 18.7 Å². The number of hydrogen-bond donors (Lipinski definition) is 4. The quantitative estimate of drug-likeness (QED) is 0.0435. The fourth-order valence-electron chi connectivity index (χ4n) is 14.1. The fraction of sp³-hybridized carbons (Fsp3) is 0.338. The third-order valence-corrected chi connectivity index (χ3v) is 19.6. The number of anilines is 9. The average Bonchev–Trinajstić information content (AvgIpc) is 1.62. The van der Waals surface area contributed by atoms with Gasteiger partial charge in [0.1, 0.15) is 48.1 Å². The molecule has 15 rings (SSSR count). The molecule has 26 nitrogen and oxygen atoms in total. The average molecular weight is 1490 g/mol. The van der Waals surface area contributed by atoms with Crippen molar-refractivity contribution in [1.82, 2.24) is 73.7 Å². The number of rotatable bonds is 19. The summed E-state index contributed by atoms with van der Waals surface area (Å²) in [6.07, 6.45) is 9.08. The highest BCUT2D eigenvalue weighted by molar-refractivity contribution is 5.87. The van der Waals surface area contributed by atoms with Crippen LogP contribution in [0.5, 0.6) is 34.9 Å². The number of nitrogens with zero attached hydrogens (tertiary/aromatic N) is 19. The topological polar surface area (TPSA) is 232 Å². The maximum atomic E-state index is 15.4. The molecule has 0 aliphatic carbocycles. The minimum Gasteiger partial charge on any atom is -0.446 e. The minimum atomic E-state index is -0.835. The van der Waals surface area contributed by atoms with Crippen molar-refractivity contribution in [3.05, 3.63) is 192 Å². The zero-order valence-electron chi connectivity index (χ0n) is 63.3. The van der Waals surface area contributed by atoms with Crippen LogP contribution in [0, 0.1) is 57.2 Å². The molecule has 12 aromatic rings. The van der Waals surface area contributed by atoms with E-state index in [0.29, 0.717) is 33.6 Å². The van der Waals surface area contributed by atoms with Gasteiger partial charge < -0.3 is 73.7 Å². The molecule has 3 fully saturated rings. The van der Waals surface area contributed by atoms with E-state index in [1.54, 1.807) is 54.9 Å². The zero-order chi connectivity index (χ0) is 77.4. The van der Waals surface area contributed by atoms with Crippen LogP contribution in [0.4, 0.5) is 80.9 Å². The van der Waals surface area contributed by atoms with E-state index in [2.05, 4.69) is 151 Å². The van der Waals surface area contributed by atoms with Crippen LogP contribution < -0.4 is 50.2 Å². The predicted molar refractivity (Wildman–Crippen MR) is 422 cm³/mol. The van der Waals surface area contributed by atoms with Gasteiger partial charge in [0.25, 0.3) is 17.3 Å². The number of ether oxygens (including phenoxy) is 3. The van der Waals surface area contributed by atoms with E-state index in [0.717, 1.165) is 142 Å². The first kappa shape index (κ1) is 76.0. The lowest BCUT2D eigenvalue weighted by atomic mass is 10.2. The third kappa shape index (κ3) is 16.4. The largest absolute Gasteiger partial charge is 0.446 e. The van der Waals surface area contributed by atoms with Gasteiger partial charge in [0.15, 0.2) is 40.5 Å². The number of benzene rings is 3. The molecule has 0 saturated carbocycles. The van der Waals surface area contributed by atoms with Gasteiger partial charge in [-0.1, -0.05) is 6.92 Å². The minimum absolute atomic E-state index is 0.00129. The molecule has 3 aliphatic rings. The van der Waals surface area contributed by atoms with Crippen LogP contribution in [0.25, 0.3) is 42.4 Å². The molecule has 0 unspecified atom stereocenters. The molecular weight excluding hydrogens is 1410 g/mol. The Kier molecular flexibility index (Phi) is 23.1. The molecule has 30 heteroatoms. The van der Waals surface area contributed by atoms with Crippen LogP contribution in [0.2, 0.25) is 0 Å². The monoisotopic (exact) mass is 1490 g/mol. The van der Waals surface area contributed by atoms with Crippen molar-refractivity contribution in [3.63, 3.8) is 0 Å². The summed E-state index contributed by atoms with van der Waals surface area (Å²) in [5.41, 5.74) is 8.37. The van der Waals surface area contributed by atoms with E-state index in [-0.39, 0.29) is 81.8 Å². The van der Waals surface area contributed by atoms with Crippen LogP contribution >= 0.6 is 0 Å². The maximum Gasteiger partial charge on any atom is 0.288 e. The number of aromatic nitrogens is 12. The van der Waals surface area contributed by atoms with Gasteiger partial charge in [-0.05, 0) is 167 Å². The van der Waals surface area contributed by atoms with Gasteiger partial charge in [-0.3, -0.25) is 0 Å². The van der Waals surface area contributed by atoms with Gasteiger partial charge in [-0.15, -0.1) is 0 Å². The second kappa shape index (κ2) is 33.5. The highest BCUT2D eigenvalue weighted by Gasteiger charge is 2.26. The summed E-state index contributed by atoms with van der Waals surface area (Å²) < 4.78 is 84.7. The molecule has 3 aliphatic heterocycles. The van der Waals surface area contributed by atoms with Gasteiger partial charge in [-0.2, -0.15) is 9.37 Å². The number of aryl methyl sites for hydroxylation is 3. The normalized spacial score (nSPS) is 14.2. The van der Waals surface area contributed by atoms with E-state index in [4.69, 9.17) is 27.4 Å². The van der Waals surface area contributed by atoms with Crippen molar-refractivity contribution < 1.29 is 31.8 Å².